The van der Waals surface area contributed by atoms with Crippen molar-refractivity contribution in [2.24, 2.45) is 0 Å². The molecule has 0 aliphatic rings. The van der Waals surface area contributed by atoms with Crippen molar-refractivity contribution in [3.63, 3.8) is 0 Å². The first-order valence-corrected chi connectivity index (χ1v) is 7.17. The molecule has 0 heterocycles. The summed E-state index contributed by atoms with van der Waals surface area (Å²) in [5.74, 6) is 1.07. The van der Waals surface area contributed by atoms with E-state index in [4.69, 9.17) is 21.6 Å². The third-order valence-electron chi connectivity index (χ3n) is 2.63. The molecule has 0 radical (unpaired) electrons. The van der Waals surface area contributed by atoms with E-state index in [0.29, 0.717) is 27.4 Å². The van der Waals surface area contributed by atoms with Crippen molar-refractivity contribution in [2.75, 3.05) is 0 Å². The lowest BCUT2D eigenvalue weighted by atomic mass is 10.1. The lowest BCUT2D eigenvalue weighted by Gasteiger charge is -2.10. The second-order valence-corrected chi connectivity index (χ2v) is 5.08. The Morgan fingerprint density at radius 1 is 1.21 bits per heavy atom. The SMILES string of the molecule is Cc1ccc(Cl)c(Oc2ccc(CBr)cc2C#N)c1. The van der Waals surface area contributed by atoms with E-state index >= 15 is 0 Å². The van der Waals surface area contributed by atoms with Crippen LogP contribution in [0.3, 0.4) is 0 Å². The number of hydrogen-bond donors (Lipinski definition) is 0. The van der Waals surface area contributed by atoms with Crippen molar-refractivity contribution in [2.45, 2.75) is 12.3 Å². The van der Waals surface area contributed by atoms with Crippen molar-refractivity contribution >= 4 is 27.5 Å². The Morgan fingerprint density at radius 2 is 2.00 bits per heavy atom. The van der Waals surface area contributed by atoms with Crippen LogP contribution in [-0.4, -0.2) is 0 Å². The largest absolute Gasteiger partial charge is 0.454 e. The number of rotatable bonds is 3. The van der Waals surface area contributed by atoms with Crippen LogP contribution in [0.4, 0.5) is 0 Å². The fourth-order valence-electron chi connectivity index (χ4n) is 1.64. The monoisotopic (exact) mass is 335 g/mol. The fraction of sp³-hybridized carbons (Fsp3) is 0.133. The molecule has 0 unspecified atom stereocenters. The fourth-order valence-corrected chi connectivity index (χ4v) is 2.15. The lowest BCUT2D eigenvalue weighted by molar-refractivity contribution is 0.481. The number of benzene rings is 2. The van der Waals surface area contributed by atoms with Gasteiger partial charge in [0.25, 0.3) is 0 Å². The summed E-state index contributed by atoms with van der Waals surface area (Å²) >= 11 is 9.45. The smallest absolute Gasteiger partial charge is 0.146 e. The van der Waals surface area contributed by atoms with Gasteiger partial charge in [-0.05, 0) is 42.3 Å². The first kappa shape index (κ1) is 13.9. The van der Waals surface area contributed by atoms with Crippen LogP contribution in [0.1, 0.15) is 16.7 Å². The van der Waals surface area contributed by atoms with Crippen LogP contribution in [0.15, 0.2) is 36.4 Å². The number of nitrogens with zero attached hydrogens (tertiary/aromatic N) is 1. The molecule has 0 aromatic heterocycles. The van der Waals surface area contributed by atoms with Crippen molar-refractivity contribution in [1.82, 2.24) is 0 Å². The molecule has 0 bridgehead atoms. The van der Waals surface area contributed by atoms with Crippen LogP contribution in [0, 0.1) is 18.3 Å². The average molecular weight is 337 g/mol. The van der Waals surface area contributed by atoms with Gasteiger partial charge in [-0.2, -0.15) is 5.26 Å². The normalized spacial score (nSPS) is 10.0. The van der Waals surface area contributed by atoms with Gasteiger partial charge in [0, 0.05) is 5.33 Å². The molecule has 19 heavy (non-hydrogen) atoms. The minimum absolute atomic E-state index is 0.495. The van der Waals surface area contributed by atoms with Gasteiger partial charge in [-0.15, -0.1) is 0 Å². The number of ether oxygens (including phenoxy) is 1. The highest BCUT2D eigenvalue weighted by molar-refractivity contribution is 9.08. The van der Waals surface area contributed by atoms with E-state index in [0.717, 1.165) is 11.1 Å². The van der Waals surface area contributed by atoms with Gasteiger partial charge >= 0.3 is 0 Å². The summed E-state index contributed by atoms with van der Waals surface area (Å²) in [6.07, 6.45) is 0. The van der Waals surface area contributed by atoms with Crippen molar-refractivity contribution in [3.8, 4) is 17.6 Å². The highest BCUT2D eigenvalue weighted by Gasteiger charge is 2.08. The summed E-state index contributed by atoms with van der Waals surface area (Å²) in [5, 5.41) is 10.4. The summed E-state index contributed by atoms with van der Waals surface area (Å²) in [6.45, 7) is 1.96. The average Bonchev–Trinajstić information content (AvgIpc) is 2.43. The molecule has 96 valence electrons. The summed E-state index contributed by atoms with van der Waals surface area (Å²) in [6, 6.07) is 13.2. The van der Waals surface area contributed by atoms with Gasteiger partial charge in [0.1, 0.15) is 17.6 Å². The van der Waals surface area contributed by atoms with Gasteiger partial charge in [0.05, 0.1) is 10.6 Å². The van der Waals surface area contributed by atoms with Crippen LogP contribution < -0.4 is 4.74 Å². The maximum absolute atomic E-state index is 9.16. The van der Waals surface area contributed by atoms with Crippen LogP contribution in [-0.2, 0) is 5.33 Å². The Bertz CT molecular complexity index is 649. The predicted octanol–water partition coefficient (Wildman–Crippen LogP) is 5.21. The zero-order valence-corrected chi connectivity index (χ0v) is 12.6. The Morgan fingerprint density at radius 3 is 2.68 bits per heavy atom. The third-order valence-corrected chi connectivity index (χ3v) is 3.59. The van der Waals surface area contributed by atoms with Crippen molar-refractivity contribution in [3.05, 3.63) is 58.1 Å². The molecule has 0 spiro atoms. The van der Waals surface area contributed by atoms with E-state index in [9.17, 15) is 0 Å². The summed E-state index contributed by atoms with van der Waals surface area (Å²) in [5.41, 5.74) is 2.57. The number of hydrogen-bond acceptors (Lipinski definition) is 2. The summed E-state index contributed by atoms with van der Waals surface area (Å²) in [4.78, 5) is 0. The summed E-state index contributed by atoms with van der Waals surface area (Å²) in [7, 11) is 0. The first-order valence-electron chi connectivity index (χ1n) is 5.67. The molecular formula is C15H11BrClNO. The van der Waals surface area contributed by atoms with Crippen molar-refractivity contribution in [1.29, 1.82) is 5.26 Å². The topological polar surface area (TPSA) is 33.0 Å². The zero-order chi connectivity index (χ0) is 13.8. The van der Waals surface area contributed by atoms with Gasteiger partial charge < -0.3 is 4.74 Å². The van der Waals surface area contributed by atoms with Gasteiger partial charge in [-0.25, -0.2) is 0 Å². The van der Waals surface area contributed by atoms with Gasteiger partial charge in [0.15, 0.2) is 0 Å². The molecule has 4 heteroatoms. The Balaban J connectivity index is 2.38. The predicted molar refractivity (Wildman–Crippen MR) is 80.1 cm³/mol. The maximum atomic E-state index is 9.16. The standard InChI is InChI=1S/C15H11BrClNO/c1-10-2-4-13(17)15(6-10)19-14-5-3-11(8-16)7-12(14)9-18/h2-7H,8H2,1H3. The zero-order valence-electron chi connectivity index (χ0n) is 10.3. The van der Waals surface area contributed by atoms with Crippen LogP contribution >= 0.6 is 27.5 Å². The molecule has 0 aliphatic carbocycles. The van der Waals surface area contributed by atoms with Crippen LogP contribution in [0.25, 0.3) is 0 Å². The van der Waals surface area contributed by atoms with Crippen LogP contribution in [0.5, 0.6) is 11.5 Å². The van der Waals surface area contributed by atoms with E-state index in [-0.39, 0.29) is 0 Å². The highest BCUT2D eigenvalue weighted by atomic mass is 79.9. The Hall–Kier alpha value is -1.50. The molecule has 0 atom stereocenters. The minimum atomic E-state index is 0.495. The number of aryl methyl sites for hydroxylation is 1. The van der Waals surface area contributed by atoms with E-state index in [1.54, 1.807) is 18.2 Å². The number of alkyl halides is 1. The van der Waals surface area contributed by atoms with Gasteiger partial charge in [-0.3, -0.25) is 0 Å². The molecular weight excluding hydrogens is 326 g/mol. The van der Waals surface area contributed by atoms with E-state index in [1.165, 1.54) is 0 Å². The summed E-state index contributed by atoms with van der Waals surface area (Å²) < 4.78 is 5.74. The minimum Gasteiger partial charge on any atom is -0.454 e. The molecule has 0 saturated heterocycles. The first-order chi connectivity index (χ1) is 9.13. The molecule has 0 fully saturated rings. The van der Waals surface area contributed by atoms with Gasteiger partial charge in [-0.1, -0.05) is 39.7 Å². The highest BCUT2D eigenvalue weighted by Crippen LogP contribution is 2.32. The van der Waals surface area contributed by atoms with Crippen LogP contribution in [0.2, 0.25) is 5.02 Å². The molecule has 0 saturated carbocycles. The number of nitriles is 1. The molecule has 0 aliphatic heterocycles. The molecule has 2 rings (SSSR count). The quantitative estimate of drug-likeness (QED) is 0.721. The Kier molecular flexibility index (Phi) is 4.47. The molecule has 0 amide bonds. The maximum Gasteiger partial charge on any atom is 0.146 e. The van der Waals surface area contributed by atoms with E-state index in [1.807, 2.05) is 25.1 Å². The number of halogens is 2. The lowest BCUT2D eigenvalue weighted by Crippen LogP contribution is -1.91. The Labute approximate surface area is 125 Å². The molecule has 2 aromatic carbocycles. The van der Waals surface area contributed by atoms with Gasteiger partial charge in [0.2, 0.25) is 0 Å². The second-order valence-electron chi connectivity index (χ2n) is 4.11. The molecule has 2 nitrogen and oxygen atoms in total. The molecule has 2 aromatic rings. The van der Waals surface area contributed by atoms with Crippen molar-refractivity contribution < 1.29 is 4.74 Å². The second kappa shape index (κ2) is 6.10. The van der Waals surface area contributed by atoms with E-state index < -0.39 is 0 Å². The molecule has 0 N–H and O–H groups in total. The van der Waals surface area contributed by atoms with E-state index in [2.05, 4.69) is 22.0 Å². The third kappa shape index (κ3) is 3.28.